The standard InChI is InChI=1S/C11H14F2O.C9H21N.C9H10O.C4H10.C2H4O.2C2H6.CH4/c1-2-4-9-5-3-6-10(7-9)14-8-11(12)13;1-5-7-9(3,10-4)8-6-2;1-7-3-4-9(6-10)5-8(7)2;1-4(2)3;1-2-3;2*1-2;/h3,5-7,11H,2,4,8H2,1H3;10H,5-8H2,1-4H3;3-6H,1-2H3;4H,1-3H3;2H,1H3;2*1-2H3;1H4. The number of carbonyl (C=O) groups is 2. The summed E-state index contributed by atoms with van der Waals surface area (Å²) in [5, 5.41) is 3.38. The van der Waals surface area contributed by atoms with Gasteiger partial charge in [-0.05, 0) is 94.8 Å². The zero-order chi connectivity index (χ0) is 36.3. The average molecular weight is 656 g/mol. The second-order valence-electron chi connectivity index (χ2n) is 10.8. The summed E-state index contributed by atoms with van der Waals surface area (Å²) in [7, 11) is 2.06. The Morgan fingerprint density at radius 1 is 0.848 bits per heavy atom. The topological polar surface area (TPSA) is 55.4 Å². The summed E-state index contributed by atoms with van der Waals surface area (Å²) in [4.78, 5) is 19.1. The molecule has 0 radical (unpaired) electrons. The summed E-state index contributed by atoms with van der Waals surface area (Å²) >= 11 is 0. The van der Waals surface area contributed by atoms with Gasteiger partial charge in [-0.25, -0.2) is 8.78 Å². The number of hydrogen-bond acceptors (Lipinski definition) is 4. The minimum absolute atomic E-state index is 0. The van der Waals surface area contributed by atoms with Gasteiger partial charge in [-0.3, -0.25) is 4.79 Å². The van der Waals surface area contributed by atoms with E-state index in [1.165, 1.54) is 43.7 Å². The molecule has 0 saturated carbocycles. The molecular weight excluding hydrogens is 580 g/mol. The Labute approximate surface area is 285 Å². The summed E-state index contributed by atoms with van der Waals surface area (Å²) in [6, 6.07) is 13.0. The van der Waals surface area contributed by atoms with E-state index in [-0.39, 0.29) is 7.43 Å². The van der Waals surface area contributed by atoms with E-state index in [0.29, 0.717) is 11.3 Å². The van der Waals surface area contributed by atoms with E-state index in [2.05, 4.69) is 60.8 Å². The van der Waals surface area contributed by atoms with Crippen LogP contribution in [0.3, 0.4) is 0 Å². The van der Waals surface area contributed by atoms with Crippen molar-refractivity contribution < 1.29 is 23.1 Å². The number of ether oxygens (including phenoxy) is 1. The van der Waals surface area contributed by atoms with Crippen LogP contribution in [-0.4, -0.2) is 38.2 Å². The van der Waals surface area contributed by atoms with E-state index in [9.17, 15) is 13.6 Å². The maximum absolute atomic E-state index is 11.8. The fourth-order valence-electron chi connectivity index (χ4n) is 3.56. The van der Waals surface area contributed by atoms with Gasteiger partial charge >= 0.3 is 0 Å². The fraction of sp³-hybridized carbons (Fsp3) is 0.650. The molecule has 0 saturated heterocycles. The Morgan fingerprint density at radius 2 is 1.33 bits per heavy atom. The van der Waals surface area contributed by atoms with E-state index in [1.807, 2.05) is 77.9 Å². The molecule has 1 N–H and O–H groups in total. The van der Waals surface area contributed by atoms with Crippen LogP contribution >= 0.6 is 0 Å². The number of aryl methyl sites for hydroxylation is 3. The van der Waals surface area contributed by atoms with Crippen LogP contribution in [0.4, 0.5) is 8.78 Å². The third-order valence-corrected chi connectivity index (χ3v) is 5.69. The number of aldehydes is 2. The van der Waals surface area contributed by atoms with E-state index >= 15 is 0 Å². The number of carbonyl (C=O) groups excluding carboxylic acids is 2. The van der Waals surface area contributed by atoms with Crippen LogP contribution in [0.25, 0.3) is 0 Å². The first-order valence-corrected chi connectivity index (χ1v) is 16.9. The maximum Gasteiger partial charge on any atom is 0.272 e. The van der Waals surface area contributed by atoms with Crippen molar-refractivity contribution in [2.24, 2.45) is 5.92 Å². The van der Waals surface area contributed by atoms with Gasteiger partial charge < -0.3 is 14.8 Å². The molecule has 0 heterocycles. The molecule has 0 aliphatic rings. The molecule has 0 spiro atoms. The summed E-state index contributed by atoms with van der Waals surface area (Å²) in [6.45, 7) is 28.3. The lowest BCUT2D eigenvalue weighted by molar-refractivity contribution is -0.106. The molecule has 0 amide bonds. The maximum atomic E-state index is 11.8. The van der Waals surface area contributed by atoms with Gasteiger partial charge in [0.15, 0.2) is 0 Å². The molecule has 0 aliphatic heterocycles. The number of halogens is 2. The molecule has 0 fully saturated rings. The molecule has 272 valence electrons. The Kier molecular flexibility index (Phi) is 49.0. The zero-order valence-corrected chi connectivity index (χ0v) is 31.8. The van der Waals surface area contributed by atoms with Crippen molar-refractivity contribution in [3.63, 3.8) is 0 Å². The average Bonchev–Trinajstić information content (AvgIpc) is 3.01. The number of hydrogen-bond donors (Lipinski definition) is 1. The zero-order valence-electron chi connectivity index (χ0n) is 31.8. The van der Waals surface area contributed by atoms with Gasteiger partial charge in [0, 0.05) is 11.1 Å². The lowest BCUT2D eigenvalue weighted by atomic mass is 9.91. The summed E-state index contributed by atoms with van der Waals surface area (Å²) in [5.74, 6) is 1.36. The lowest BCUT2D eigenvalue weighted by Crippen LogP contribution is -2.39. The highest BCUT2D eigenvalue weighted by molar-refractivity contribution is 5.75. The molecule has 6 heteroatoms. The molecule has 0 unspecified atom stereocenters. The van der Waals surface area contributed by atoms with Crippen molar-refractivity contribution in [2.75, 3.05) is 13.7 Å². The van der Waals surface area contributed by atoms with E-state index in [0.717, 1.165) is 42.5 Å². The molecule has 0 bridgehead atoms. The summed E-state index contributed by atoms with van der Waals surface area (Å²) in [5.41, 5.74) is 4.67. The van der Waals surface area contributed by atoms with E-state index in [4.69, 9.17) is 9.53 Å². The van der Waals surface area contributed by atoms with Crippen molar-refractivity contribution in [1.29, 1.82) is 0 Å². The van der Waals surface area contributed by atoms with Gasteiger partial charge in [0.05, 0.1) is 0 Å². The first-order chi connectivity index (χ1) is 21.3. The molecule has 2 rings (SSSR count). The van der Waals surface area contributed by atoms with Gasteiger partial charge in [0.25, 0.3) is 6.43 Å². The monoisotopic (exact) mass is 656 g/mol. The second kappa shape index (κ2) is 40.4. The van der Waals surface area contributed by atoms with Crippen molar-refractivity contribution in [1.82, 2.24) is 5.32 Å². The van der Waals surface area contributed by atoms with Gasteiger partial charge in [-0.15, -0.1) is 0 Å². The normalized spacial score (nSPS) is 9.20. The van der Waals surface area contributed by atoms with Crippen molar-refractivity contribution >= 4 is 12.6 Å². The molecule has 2 aromatic rings. The van der Waals surface area contributed by atoms with Crippen LogP contribution < -0.4 is 10.1 Å². The highest BCUT2D eigenvalue weighted by Gasteiger charge is 2.18. The first kappa shape index (κ1) is 55.8. The van der Waals surface area contributed by atoms with Gasteiger partial charge in [0.1, 0.15) is 24.9 Å². The van der Waals surface area contributed by atoms with Crippen LogP contribution in [0.2, 0.25) is 0 Å². The first-order valence-electron chi connectivity index (χ1n) is 16.9. The summed E-state index contributed by atoms with van der Waals surface area (Å²) < 4.78 is 28.6. The fourth-order valence-corrected chi connectivity index (χ4v) is 3.56. The van der Waals surface area contributed by atoms with Crippen molar-refractivity contribution in [3.8, 4) is 5.75 Å². The third kappa shape index (κ3) is 39.4. The minimum atomic E-state index is -2.41. The van der Waals surface area contributed by atoms with Gasteiger partial charge in [-0.1, -0.05) is 120 Å². The SMILES string of the molecule is C.CC.CC.CC(C)C.CC=O.CCCC(C)(CCC)NC.CCCc1cccc(OCC(F)F)c1.Cc1ccc(C=O)cc1C. The Hall–Kier alpha value is -2.60. The van der Waals surface area contributed by atoms with E-state index in [1.54, 1.807) is 6.07 Å². The molecule has 2 aromatic carbocycles. The number of benzene rings is 2. The molecule has 0 aromatic heterocycles. The molecule has 4 nitrogen and oxygen atoms in total. The number of rotatable bonds is 11. The Morgan fingerprint density at radius 3 is 1.67 bits per heavy atom. The molecule has 46 heavy (non-hydrogen) atoms. The predicted octanol–water partition coefficient (Wildman–Crippen LogP) is 12.5. The van der Waals surface area contributed by atoms with Crippen LogP contribution in [0.15, 0.2) is 42.5 Å². The molecule has 0 aliphatic carbocycles. The van der Waals surface area contributed by atoms with Gasteiger partial charge in [-0.2, -0.15) is 0 Å². The minimum Gasteiger partial charge on any atom is -0.488 e. The highest BCUT2D eigenvalue weighted by atomic mass is 19.3. The lowest BCUT2D eigenvalue weighted by Gasteiger charge is -2.28. The molecule has 0 atom stereocenters. The largest absolute Gasteiger partial charge is 0.488 e. The summed E-state index contributed by atoms with van der Waals surface area (Å²) in [6.07, 6.45) is 6.32. The van der Waals surface area contributed by atoms with Crippen molar-refractivity contribution in [2.45, 2.75) is 155 Å². The van der Waals surface area contributed by atoms with E-state index < -0.39 is 13.0 Å². The second-order valence-corrected chi connectivity index (χ2v) is 10.8. The Balaban J connectivity index is -0.000000113. The smallest absolute Gasteiger partial charge is 0.272 e. The third-order valence-electron chi connectivity index (χ3n) is 5.69. The van der Waals surface area contributed by atoms with Crippen LogP contribution in [0, 0.1) is 19.8 Å². The number of nitrogens with one attached hydrogen (secondary N) is 1. The predicted molar refractivity (Wildman–Crippen MR) is 202 cm³/mol. The number of alkyl halides is 2. The van der Waals surface area contributed by atoms with Gasteiger partial charge in [0.2, 0.25) is 0 Å². The van der Waals surface area contributed by atoms with Crippen LogP contribution in [0.5, 0.6) is 5.75 Å². The quantitative estimate of drug-likeness (QED) is 0.245. The van der Waals surface area contributed by atoms with Crippen LogP contribution in [-0.2, 0) is 11.2 Å². The highest BCUT2D eigenvalue weighted by Crippen LogP contribution is 2.17. The molecular formula is C40H75F2NO3. The van der Waals surface area contributed by atoms with Crippen LogP contribution in [0.1, 0.15) is 150 Å². The Bertz CT molecular complexity index is 893. The van der Waals surface area contributed by atoms with Crippen molar-refractivity contribution in [3.05, 3.63) is 64.7 Å².